The number of rotatable bonds is 9. The van der Waals surface area contributed by atoms with Crippen LogP contribution in [0.3, 0.4) is 0 Å². The van der Waals surface area contributed by atoms with Crippen LogP contribution in [0.1, 0.15) is 11.1 Å². The summed E-state index contributed by atoms with van der Waals surface area (Å²) >= 11 is 0. The van der Waals surface area contributed by atoms with Crippen LogP contribution < -0.4 is 4.74 Å². The molecule has 27 heavy (non-hydrogen) atoms. The van der Waals surface area contributed by atoms with E-state index in [2.05, 4.69) is 0 Å². The van der Waals surface area contributed by atoms with Crippen molar-refractivity contribution >= 4 is 24.3 Å². The SMILES string of the molecule is COC(=O)[C@H](Cc1ccc(OCc2ccccc2)cc1)N(C)CC(=O)O.Cl. The molecule has 0 aromatic heterocycles. The van der Waals surface area contributed by atoms with Crippen molar-refractivity contribution in [2.24, 2.45) is 0 Å². The highest BCUT2D eigenvalue weighted by Gasteiger charge is 2.25. The lowest BCUT2D eigenvalue weighted by atomic mass is 10.0. The van der Waals surface area contributed by atoms with Crippen LogP contribution in [-0.4, -0.2) is 48.7 Å². The van der Waals surface area contributed by atoms with Crippen LogP contribution in [0.2, 0.25) is 0 Å². The summed E-state index contributed by atoms with van der Waals surface area (Å²) in [5, 5.41) is 8.93. The maximum atomic E-state index is 12.0. The number of benzene rings is 2. The lowest BCUT2D eigenvalue weighted by Crippen LogP contribution is -2.43. The Bertz CT molecular complexity index is 721. The third kappa shape index (κ3) is 7.29. The number of hydrogen-bond donors (Lipinski definition) is 1. The van der Waals surface area contributed by atoms with Crippen molar-refractivity contribution in [1.29, 1.82) is 0 Å². The van der Waals surface area contributed by atoms with Gasteiger partial charge in [-0.3, -0.25) is 14.5 Å². The first-order valence-electron chi connectivity index (χ1n) is 8.25. The summed E-state index contributed by atoms with van der Waals surface area (Å²) in [5.41, 5.74) is 1.97. The van der Waals surface area contributed by atoms with Gasteiger partial charge in [-0.2, -0.15) is 0 Å². The van der Waals surface area contributed by atoms with E-state index in [1.54, 1.807) is 7.05 Å². The van der Waals surface area contributed by atoms with Crippen LogP contribution in [0, 0.1) is 0 Å². The Balaban J connectivity index is 0.00000364. The predicted octanol–water partition coefficient (Wildman–Crippen LogP) is 2.79. The molecule has 7 heteroatoms. The van der Waals surface area contributed by atoms with Gasteiger partial charge in [0, 0.05) is 0 Å². The van der Waals surface area contributed by atoms with Gasteiger partial charge in [-0.25, -0.2) is 0 Å². The van der Waals surface area contributed by atoms with E-state index >= 15 is 0 Å². The molecule has 1 atom stereocenters. The third-order valence-electron chi connectivity index (χ3n) is 3.99. The lowest BCUT2D eigenvalue weighted by molar-refractivity contribution is -0.148. The van der Waals surface area contributed by atoms with Gasteiger partial charge >= 0.3 is 11.9 Å². The van der Waals surface area contributed by atoms with E-state index < -0.39 is 18.0 Å². The Labute approximate surface area is 165 Å². The van der Waals surface area contributed by atoms with Crippen LogP contribution in [0.4, 0.5) is 0 Å². The second kappa shape index (κ2) is 11.2. The number of methoxy groups -OCH3 is 1. The first kappa shape index (κ1) is 22.5. The zero-order valence-electron chi connectivity index (χ0n) is 15.3. The standard InChI is InChI=1S/C20H23NO5.ClH/c1-21(13-19(22)23)18(20(24)25-2)12-15-8-10-17(11-9-15)26-14-16-6-4-3-5-7-16;/h3-11,18H,12-14H2,1-2H3,(H,22,23);1H/t18-;/m0./s1. The number of carbonyl (C=O) groups is 2. The highest BCUT2D eigenvalue weighted by atomic mass is 35.5. The summed E-state index contributed by atoms with van der Waals surface area (Å²) in [5.74, 6) is -0.727. The fraction of sp³-hybridized carbons (Fsp3) is 0.300. The van der Waals surface area contributed by atoms with Crippen LogP contribution in [0.15, 0.2) is 54.6 Å². The molecule has 0 fully saturated rings. The summed E-state index contributed by atoms with van der Waals surface area (Å²) < 4.78 is 10.5. The van der Waals surface area contributed by atoms with Gasteiger partial charge in [-0.1, -0.05) is 42.5 Å². The van der Waals surface area contributed by atoms with Gasteiger partial charge in [0.05, 0.1) is 13.7 Å². The van der Waals surface area contributed by atoms with Crippen LogP contribution in [0.5, 0.6) is 5.75 Å². The van der Waals surface area contributed by atoms with Crippen molar-refractivity contribution in [3.8, 4) is 5.75 Å². The molecular weight excluding hydrogens is 370 g/mol. The molecule has 0 aliphatic carbocycles. The third-order valence-corrected chi connectivity index (χ3v) is 3.99. The highest BCUT2D eigenvalue weighted by Crippen LogP contribution is 2.17. The molecule has 2 aromatic carbocycles. The van der Waals surface area contributed by atoms with E-state index in [9.17, 15) is 9.59 Å². The molecule has 146 valence electrons. The molecule has 0 amide bonds. The molecule has 0 radical (unpaired) electrons. The zero-order valence-corrected chi connectivity index (χ0v) is 16.1. The average Bonchev–Trinajstić information content (AvgIpc) is 2.65. The average molecular weight is 394 g/mol. The monoisotopic (exact) mass is 393 g/mol. The highest BCUT2D eigenvalue weighted by molar-refractivity contribution is 5.85. The van der Waals surface area contributed by atoms with Crippen molar-refractivity contribution in [2.45, 2.75) is 19.1 Å². The minimum atomic E-state index is -0.994. The molecule has 0 heterocycles. The fourth-order valence-corrected chi connectivity index (χ4v) is 2.56. The number of ether oxygens (including phenoxy) is 2. The Kier molecular flexibility index (Phi) is 9.33. The second-order valence-corrected chi connectivity index (χ2v) is 5.97. The minimum Gasteiger partial charge on any atom is -0.489 e. The minimum absolute atomic E-state index is 0. The summed E-state index contributed by atoms with van der Waals surface area (Å²) in [4.78, 5) is 24.4. The molecular formula is C20H24ClNO5. The fourth-order valence-electron chi connectivity index (χ4n) is 2.56. The first-order valence-corrected chi connectivity index (χ1v) is 8.25. The van der Waals surface area contributed by atoms with Gasteiger partial charge in [-0.05, 0) is 36.7 Å². The predicted molar refractivity (Wildman–Crippen MR) is 104 cm³/mol. The summed E-state index contributed by atoms with van der Waals surface area (Å²) in [6.07, 6.45) is 0.357. The van der Waals surface area contributed by atoms with Crippen molar-refractivity contribution in [1.82, 2.24) is 4.90 Å². The molecule has 0 unspecified atom stereocenters. The normalized spacial score (nSPS) is 11.4. The quantitative estimate of drug-likeness (QED) is 0.660. The van der Waals surface area contributed by atoms with Crippen LogP contribution in [-0.2, 0) is 27.4 Å². The van der Waals surface area contributed by atoms with E-state index in [0.29, 0.717) is 13.0 Å². The molecule has 0 spiro atoms. The number of halogens is 1. The van der Waals surface area contributed by atoms with Gasteiger partial charge < -0.3 is 14.6 Å². The Morgan fingerprint density at radius 1 is 1.04 bits per heavy atom. The Morgan fingerprint density at radius 2 is 1.67 bits per heavy atom. The van der Waals surface area contributed by atoms with E-state index in [1.807, 2.05) is 54.6 Å². The second-order valence-electron chi connectivity index (χ2n) is 5.97. The number of carbonyl (C=O) groups excluding carboxylic acids is 1. The zero-order chi connectivity index (χ0) is 18.9. The van der Waals surface area contributed by atoms with Gasteiger partial charge in [0.15, 0.2) is 0 Å². The maximum Gasteiger partial charge on any atom is 0.323 e. The number of carboxylic acid groups (broad SMARTS) is 1. The van der Waals surface area contributed by atoms with E-state index in [4.69, 9.17) is 14.6 Å². The summed E-state index contributed by atoms with van der Waals surface area (Å²) in [6, 6.07) is 16.6. The van der Waals surface area contributed by atoms with E-state index in [0.717, 1.165) is 16.9 Å². The topological polar surface area (TPSA) is 76.1 Å². The molecule has 2 aromatic rings. The molecule has 1 N–H and O–H groups in total. The number of hydrogen-bond acceptors (Lipinski definition) is 5. The molecule has 0 aliphatic heterocycles. The van der Waals surface area contributed by atoms with E-state index in [-0.39, 0.29) is 19.0 Å². The van der Waals surface area contributed by atoms with Gasteiger partial charge in [0.25, 0.3) is 0 Å². The van der Waals surface area contributed by atoms with Crippen LogP contribution >= 0.6 is 12.4 Å². The Morgan fingerprint density at radius 3 is 2.22 bits per heavy atom. The number of nitrogens with zero attached hydrogens (tertiary/aromatic N) is 1. The van der Waals surface area contributed by atoms with E-state index in [1.165, 1.54) is 12.0 Å². The number of aliphatic carboxylic acids is 1. The molecule has 0 aliphatic rings. The van der Waals surface area contributed by atoms with Crippen molar-refractivity contribution in [2.75, 3.05) is 20.7 Å². The van der Waals surface area contributed by atoms with Gasteiger partial charge in [0.2, 0.25) is 0 Å². The molecule has 2 rings (SSSR count). The van der Waals surface area contributed by atoms with Gasteiger partial charge in [0.1, 0.15) is 18.4 Å². The summed E-state index contributed by atoms with van der Waals surface area (Å²) in [6.45, 7) is 0.240. The molecule has 6 nitrogen and oxygen atoms in total. The number of esters is 1. The first-order chi connectivity index (χ1) is 12.5. The molecule has 0 saturated heterocycles. The Hall–Kier alpha value is -2.57. The number of likely N-dealkylation sites (N-methyl/N-ethyl adjacent to an activating group) is 1. The van der Waals surface area contributed by atoms with Crippen molar-refractivity contribution in [3.63, 3.8) is 0 Å². The van der Waals surface area contributed by atoms with Gasteiger partial charge in [-0.15, -0.1) is 12.4 Å². The van der Waals surface area contributed by atoms with Crippen LogP contribution in [0.25, 0.3) is 0 Å². The summed E-state index contributed by atoms with van der Waals surface area (Å²) in [7, 11) is 2.89. The van der Waals surface area contributed by atoms with Crippen molar-refractivity contribution < 1.29 is 24.2 Å². The molecule has 0 bridgehead atoms. The smallest absolute Gasteiger partial charge is 0.323 e. The largest absolute Gasteiger partial charge is 0.489 e. The number of carboxylic acids is 1. The maximum absolute atomic E-state index is 12.0. The van der Waals surface area contributed by atoms with Crippen molar-refractivity contribution in [3.05, 3.63) is 65.7 Å². The lowest BCUT2D eigenvalue weighted by Gasteiger charge is -2.24. The molecule has 0 saturated carbocycles.